The van der Waals surface area contributed by atoms with Gasteiger partial charge in [-0.1, -0.05) is 29.3 Å². The van der Waals surface area contributed by atoms with Gasteiger partial charge in [0.25, 0.3) is 0 Å². The first kappa shape index (κ1) is 14.9. The first-order valence-electron chi connectivity index (χ1n) is 5.90. The van der Waals surface area contributed by atoms with Gasteiger partial charge in [-0.05, 0) is 18.2 Å². The summed E-state index contributed by atoms with van der Waals surface area (Å²) in [7, 11) is 1.62. The van der Waals surface area contributed by atoms with Crippen molar-refractivity contribution < 1.29 is 14.2 Å². The Morgan fingerprint density at radius 3 is 2.65 bits per heavy atom. The Morgan fingerprint density at radius 1 is 1.10 bits per heavy atom. The summed E-state index contributed by atoms with van der Waals surface area (Å²) in [6, 6.07) is 8.77. The van der Waals surface area contributed by atoms with Gasteiger partial charge in [0.05, 0.1) is 11.6 Å². The van der Waals surface area contributed by atoms with Crippen molar-refractivity contribution in [3.63, 3.8) is 0 Å². The van der Waals surface area contributed by atoms with Crippen LogP contribution >= 0.6 is 23.2 Å². The van der Waals surface area contributed by atoms with E-state index in [2.05, 4.69) is 4.98 Å². The highest BCUT2D eigenvalue weighted by Crippen LogP contribution is 2.30. The lowest BCUT2D eigenvalue weighted by Crippen LogP contribution is -2.04. The summed E-state index contributed by atoms with van der Waals surface area (Å²) in [4.78, 5) is 4.03. The third-order valence-corrected chi connectivity index (χ3v) is 2.83. The Morgan fingerprint density at radius 2 is 1.90 bits per heavy atom. The zero-order valence-electron chi connectivity index (χ0n) is 10.8. The topological polar surface area (TPSA) is 40.6 Å². The molecule has 0 atom stereocenters. The van der Waals surface area contributed by atoms with Crippen LogP contribution in [0.15, 0.2) is 36.5 Å². The van der Waals surface area contributed by atoms with Gasteiger partial charge < -0.3 is 14.2 Å². The van der Waals surface area contributed by atoms with Crippen LogP contribution in [0, 0.1) is 0 Å². The molecule has 1 aromatic heterocycles. The summed E-state index contributed by atoms with van der Waals surface area (Å²) in [5, 5.41) is 0.808. The molecule has 0 amide bonds. The van der Waals surface area contributed by atoms with Gasteiger partial charge in [-0.25, -0.2) is 4.98 Å². The highest BCUT2D eigenvalue weighted by molar-refractivity contribution is 6.35. The average Bonchev–Trinajstić information content (AvgIpc) is 2.43. The smallest absolute Gasteiger partial charge is 0.238 e. The summed E-state index contributed by atoms with van der Waals surface area (Å²) in [6.45, 7) is 0.996. The van der Waals surface area contributed by atoms with Gasteiger partial charge >= 0.3 is 0 Å². The van der Waals surface area contributed by atoms with Crippen molar-refractivity contribution >= 4 is 23.2 Å². The molecule has 6 heteroatoms. The van der Waals surface area contributed by atoms with E-state index in [9.17, 15) is 0 Å². The Hall–Kier alpha value is -1.49. The van der Waals surface area contributed by atoms with E-state index < -0.39 is 0 Å². The molecular formula is C14H13Cl2NO3. The lowest BCUT2D eigenvalue weighted by molar-refractivity contribution is 0.146. The summed E-state index contributed by atoms with van der Waals surface area (Å²) in [5.41, 5.74) is 0. The molecule has 4 nitrogen and oxygen atoms in total. The number of halogens is 2. The molecule has 1 aromatic carbocycles. The van der Waals surface area contributed by atoms with Crippen molar-refractivity contribution in [3.8, 4) is 17.4 Å². The van der Waals surface area contributed by atoms with Crippen LogP contribution in [-0.2, 0) is 4.74 Å². The maximum Gasteiger partial charge on any atom is 0.238 e. The summed E-state index contributed by atoms with van der Waals surface area (Å²) in [6.07, 6.45) is 1.47. The normalized spacial score (nSPS) is 10.3. The molecule has 0 N–H and O–H groups in total. The number of hydrogen-bond donors (Lipinski definition) is 0. The number of hydrogen-bond acceptors (Lipinski definition) is 4. The van der Waals surface area contributed by atoms with Crippen LogP contribution in [0.5, 0.6) is 17.4 Å². The van der Waals surface area contributed by atoms with Crippen molar-refractivity contribution in [2.24, 2.45) is 0 Å². The van der Waals surface area contributed by atoms with Gasteiger partial charge in [-0.15, -0.1) is 0 Å². The van der Waals surface area contributed by atoms with Crippen LogP contribution in [0.2, 0.25) is 10.0 Å². The second-order valence-corrected chi connectivity index (χ2v) is 4.70. The molecule has 20 heavy (non-hydrogen) atoms. The summed E-state index contributed by atoms with van der Waals surface area (Å²) in [5.74, 6) is 1.56. The number of benzene rings is 1. The van der Waals surface area contributed by atoms with Crippen molar-refractivity contribution in [2.45, 2.75) is 0 Å². The zero-order valence-corrected chi connectivity index (χ0v) is 12.3. The van der Waals surface area contributed by atoms with Crippen LogP contribution in [0.1, 0.15) is 0 Å². The largest absolute Gasteiger partial charge is 0.491 e. The maximum absolute atomic E-state index is 6.00. The number of pyridine rings is 1. The molecule has 0 saturated heterocycles. The molecule has 0 aliphatic carbocycles. The third-order valence-electron chi connectivity index (χ3n) is 2.35. The van der Waals surface area contributed by atoms with Gasteiger partial charge in [-0.3, -0.25) is 0 Å². The Kier molecular flexibility index (Phi) is 5.47. The fraction of sp³-hybridized carbons (Fsp3) is 0.214. The highest BCUT2D eigenvalue weighted by atomic mass is 35.5. The second-order valence-electron chi connectivity index (χ2n) is 3.86. The molecule has 0 unspecified atom stereocenters. The van der Waals surface area contributed by atoms with E-state index in [1.54, 1.807) is 25.3 Å². The van der Waals surface area contributed by atoms with E-state index >= 15 is 0 Å². The molecule has 1 heterocycles. The van der Waals surface area contributed by atoms with E-state index in [0.29, 0.717) is 40.6 Å². The van der Waals surface area contributed by atoms with Gasteiger partial charge in [0.2, 0.25) is 5.88 Å². The van der Waals surface area contributed by atoms with Crippen molar-refractivity contribution in [3.05, 3.63) is 46.6 Å². The predicted octanol–water partition coefficient (Wildman–Crippen LogP) is 4.21. The minimum absolute atomic E-state index is 0.296. The zero-order chi connectivity index (χ0) is 14.4. The molecule has 0 radical (unpaired) electrons. The van der Waals surface area contributed by atoms with E-state index in [0.717, 1.165) is 0 Å². The first-order valence-corrected chi connectivity index (χ1v) is 6.65. The van der Waals surface area contributed by atoms with Gasteiger partial charge in [-0.2, -0.15) is 0 Å². The van der Waals surface area contributed by atoms with Gasteiger partial charge in [0.15, 0.2) is 0 Å². The van der Waals surface area contributed by atoms with Gasteiger partial charge in [0, 0.05) is 19.4 Å². The van der Waals surface area contributed by atoms with Crippen molar-refractivity contribution in [2.75, 3.05) is 20.3 Å². The standard InChI is InChI=1S/C14H13Cl2NO3/c1-18-5-6-19-11-3-2-4-12(8-11)20-14-13(16)7-10(15)9-17-14/h2-4,7-9H,5-6H2,1H3. The predicted molar refractivity (Wildman–Crippen MR) is 78.1 cm³/mol. The second kappa shape index (κ2) is 7.33. The molecule has 0 aliphatic heterocycles. The third kappa shape index (κ3) is 4.27. The average molecular weight is 314 g/mol. The van der Waals surface area contributed by atoms with Crippen LogP contribution in [0.4, 0.5) is 0 Å². The van der Waals surface area contributed by atoms with E-state index in [1.807, 2.05) is 12.1 Å². The van der Waals surface area contributed by atoms with Crippen molar-refractivity contribution in [1.29, 1.82) is 0 Å². The molecule has 0 bridgehead atoms. The van der Waals surface area contributed by atoms with E-state index in [-0.39, 0.29) is 0 Å². The number of nitrogens with zero attached hydrogens (tertiary/aromatic N) is 1. The lowest BCUT2D eigenvalue weighted by Gasteiger charge is -2.09. The number of aromatic nitrogens is 1. The van der Waals surface area contributed by atoms with Crippen molar-refractivity contribution in [1.82, 2.24) is 4.98 Å². The number of rotatable bonds is 6. The SMILES string of the molecule is COCCOc1cccc(Oc2ncc(Cl)cc2Cl)c1. The fourth-order valence-corrected chi connectivity index (χ4v) is 1.88. The van der Waals surface area contributed by atoms with E-state index in [4.69, 9.17) is 37.4 Å². The molecule has 0 spiro atoms. The Balaban J connectivity index is 2.07. The quantitative estimate of drug-likeness (QED) is 0.749. The molecular weight excluding hydrogens is 301 g/mol. The van der Waals surface area contributed by atoms with Crippen LogP contribution < -0.4 is 9.47 Å². The van der Waals surface area contributed by atoms with Gasteiger partial charge in [0.1, 0.15) is 23.1 Å². The van der Waals surface area contributed by atoms with Crippen LogP contribution in [-0.4, -0.2) is 25.3 Å². The molecule has 106 valence electrons. The molecule has 0 fully saturated rings. The minimum Gasteiger partial charge on any atom is -0.491 e. The fourth-order valence-electron chi connectivity index (χ4n) is 1.46. The summed E-state index contributed by atoms with van der Waals surface area (Å²) < 4.78 is 16.0. The lowest BCUT2D eigenvalue weighted by atomic mass is 10.3. The monoisotopic (exact) mass is 313 g/mol. The summed E-state index contributed by atoms with van der Waals surface area (Å²) >= 11 is 11.8. The highest BCUT2D eigenvalue weighted by Gasteiger charge is 2.06. The molecule has 0 saturated carbocycles. The van der Waals surface area contributed by atoms with Crippen LogP contribution in [0.3, 0.4) is 0 Å². The maximum atomic E-state index is 6.00. The Labute approximate surface area is 127 Å². The first-order chi connectivity index (χ1) is 9.69. The molecule has 2 rings (SSSR count). The number of ether oxygens (including phenoxy) is 3. The molecule has 0 aliphatic rings. The van der Waals surface area contributed by atoms with E-state index in [1.165, 1.54) is 6.20 Å². The molecule has 2 aromatic rings. The number of methoxy groups -OCH3 is 1. The van der Waals surface area contributed by atoms with Crippen LogP contribution in [0.25, 0.3) is 0 Å². The minimum atomic E-state index is 0.296. The Bertz CT molecular complexity index is 578.